The summed E-state index contributed by atoms with van der Waals surface area (Å²) in [5.41, 5.74) is 2.36. The van der Waals surface area contributed by atoms with Crippen LogP contribution >= 0.6 is 11.6 Å². The summed E-state index contributed by atoms with van der Waals surface area (Å²) in [6.45, 7) is 3.59. The van der Waals surface area contributed by atoms with E-state index in [-0.39, 0.29) is 5.91 Å². The lowest BCUT2D eigenvalue weighted by atomic mass is 10.2. The van der Waals surface area contributed by atoms with Crippen molar-refractivity contribution >= 4 is 29.1 Å². The van der Waals surface area contributed by atoms with Crippen molar-refractivity contribution in [1.29, 1.82) is 0 Å². The van der Waals surface area contributed by atoms with Crippen LogP contribution < -0.4 is 5.32 Å². The number of halogens is 1. The highest BCUT2D eigenvalue weighted by molar-refractivity contribution is 6.31. The van der Waals surface area contributed by atoms with Crippen LogP contribution in [0.5, 0.6) is 0 Å². The van der Waals surface area contributed by atoms with E-state index in [0.717, 1.165) is 37.2 Å². The van der Waals surface area contributed by atoms with Crippen LogP contribution in [0.25, 0.3) is 0 Å². The van der Waals surface area contributed by atoms with E-state index in [2.05, 4.69) is 15.3 Å². The quantitative estimate of drug-likeness (QED) is 0.906. The molecule has 0 aliphatic carbocycles. The third-order valence-corrected chi connectivity index (χ3v) is 4.63. The normalized spacial score (nSPS) is 15.0. The summed E-state index contributed by atoms with van der Waals surface area (Å²) < 4.78 is 0. The van der Waals surface area contributed by atoms with E-state index in [4.69, 9.17) is 11.6 Å². The molecule has 6 heteroatoms. The fourth-order valence-corrected chi connectivity index (χ4v) is 2.94. The first kappa shape index (κ1) is 16.7. The van der Waals surface area contributed by atoms with Gasteiger partial charge in [0.05, 0.1) is 5.56 Å². The molecule has 1 fully saturated rings. The van der Waals surface area contributed by atoms with Gasteiger partial charge in [-0.1, -0.05) is 30.5 Å². The Morgan fingerprint density at radius 1 is 1.12 bits per heavy atom. The SMILES string of the molecule is Cc1ccc(Nc2ncc(C(=O)N3CCCCCC3)cn2)cc1Cl. The van der Waals surface area contributed by atoms with E-state index in [9.17, 15) is 4.79 Å². The van der Waals surface area contributed by atoms with Gasteiger partial charge in [-0.2, -0.15) is 0 Å². The molecule has 2 heterocycles. The number of nitrogens with zero attached hydrogens (tertiary/aromatic N) is 3. The number of likely N-dealkylation sites (tertiary alicyclic amines) is 1. The van der Waals surface area contributed by atoms with Crippen molar-refractivity contribution < 1.29 is 4.79 Å². The van der Waals surface area contributed by atoms with Gasteiger partial charge in [0, 0.05) is 36.2 Å². The monoisotopic (exact) mass is 344 g/mol. The Bertz CT molecular complexity index is 709. The van der Waals surface area contributed by atoms with E-state index < -0.39 is 0 Å². The van der Waals surface area contributed by atoms with Crippen molar-refractivity contribution in [2.75, 3.05) is 18.4 Å². The van der Waals surface area contributed by atoms with Gasteiger partial charge >= 0.3 is 0 Å². The second-order valence-electron chi connectivity index (χ2n) is 6.09. The first-order valence-electron chi connectivity index (χ1n) is 8.28. The van der Waals surface area contributed by atoms with Crippen LogP contribution in [0.2, 0.25) is 5.02 Å². The number of hydrogen-bond donors (Lipinski definition) is 1. The maximum atomic E-state index is 12.5. The number of benzene rings is 1. The van der Waals surface area contributed by atoms with Gasteiger partial charge in [0.1, 0.15) is 0 Å². The molecule has 5 nitrogen and oxygen atoms in total. The number of amides is 1. The minimum atomic E-state index is 0.0156. The summed E-state index contributed by atoms with van der Waals surface area (Å²) >= 11 is 6.12. The minimum absolute atomic E-state index is 0.0156. The first-order valence-corrected chi connectivity index (χ1v) is 8.66. The minimum Gasteiger partial charge on any atom is -0.339 e. The molecular weight excluding hydrogens is 324 g/mol. The van der Waals surface area contributed by atoms with Crippen molar-refractivity contribution in [1.82, 2.24) is 14.9 Å². The van der Waals surface area contributed by atoms with Gasteiger partial charge in [0.2, 0.25) is 5.95 Å². The number of rotatable bonds is 3. The summed E-state index contributed by atoms with van der Waals surface area (Å²) in [7, 11) is 0. The number of aryl methyl sites for hydroxylation is 1. The zero-order valence-electron chi connectivity index (χ0n) is 13.8. The molecule has 126 valence electrons. The fourth-order valence-electron chi connectivity index (χ4n) is 2.76. The van der Waals surface area contributed by atoms with Crippen LogP contribution in [0.3, 0.4) is 0 Å². The van der Waals surface area contributed by atoms with Crippen LogP contribution in [-0.2, 0) is 0 Å². The first-order chi connectivity index (χ1) is 11.6. The summed E-state index contributed by atoms with van der Waals surface area (Å²) in [5.74, 6) is 0.462. The fraction of sp³-hybridized carbons (Fsp3) is 0.389. The topological polar surface area (TPSA) is 58.1 Å². The van der Waals surface area contributed by atoms with Crippen molar-refractivity contribution in [3.63, 3.8) is 0 Å². The van der Waals surface area contributed by atoms with Gasteiger partial charge in [-0.05, 0) is 37.5 Å². The Morgan fingerprint density at radius 2 is 1.79 bits per heavy atom. The van der Waals surface area contributed by atoms with Crippen LogP contribution in [0.4, 0.5) is 11.6 Å². The third kappa shape index (κ3) is 4.03. The molecule has 0 saturated carbocycles. The van der Waals surface area contributed by atoms with Crippen molar-refractivity contribution in [2.45, 2.75) is 32.6 Å². The van der Waals surface area contributed by atoms with Gasteiger partial charge in [-0.15, -0.1) is 0 Å². The molecule has 1 amide bonds. The van der Waals surface area contributed by atoms with Gasteiger partial charge < -0.3 is 10.2 Å². The lowest BCUT2D eigenvalue weighted by molar-refractivity contribution is 0.0761. The standard InChI is InChI=1S/C18H21ClN4O/c1-13-6-7-15(10-16(13)19)22-18-20-11-14(12-21-18)17(24)23-8-4-2-3-5-9-23/h6-7,10-12H,2-5,8-9H2,1H3,(H,20,21,22). The Labute approximate surface area is 147 Å². The summed E-state index contributed by atoms with van der Waals surface area (Å²) in [5, 5.41) is 3.78. The molecule has 1 aromatic heterocycles. The van der Waals surface area contributed by atoms with E-state index in [1.807, 2.05) is 30.0 Å². The summed E-state index contributed by atoms with van der Waals surface area (Å²) in [4.78, 5) is 22.9. The van der Waals surface area contributed by atoms with Crippen molar-refractivity contribution in [2.24, 2.45) is 0 Å². The number of carbonyl (C=O) groups excluding carboxylic acids is 1. The second kappa shape index (κ2) is 7.62. The highest BCUT2D eigenvalue weighted by atomic mass is 35.5. The van der Waals surface area contributed by atoms with Crippen molar-refractivity contribution in [3.05, 3.63) is 46.7 Å². The lowest BCUT2D eigenvalue weighted by Crippen LogP contribution is -2.32. The lowest BCUT2D eigenvalue weighted by Gasteiger charge is -2.19. The number of anilines is 2. The number of hydrogen-bond acceptors (Lipinski definition) is 4. The second-order valence-corrected chi connectivity index (χ2v) is 6.50. The average Bonchev–Trinajstić information content (AvgIpc) is 2.88. The molecule has 1 N–H and O–H groups in total. The van der Waals surface area contributed by atoms with Gasteiger partial charge in [0.15, 0.2) is 0 Å². The Kier molecular flexibility index (Phi) is 5.30. The smallest absolute Gasteiger partial charge is 0.256 e. The maximum absolute atomic E-state index is 12.5. The molecular formula is C18H21ClN4O. The van der Waals surface area contributed by atoms with E-state index in [1.54, 1.807) is 12.4 Å². The molecule has 1 aliphatic rings. The maximum Gasteiger partial charge on any atom is 0.256 e. The van der Waals surface area contributed by atoms with Crippen LogP contribution in [0.1, 0.15) is 41.6 Å². The molecule has 3 rings (SSSR count). The van der Waals surface area contributed by atoms with Crippen molar-refractivity contribution in [3.8, 4) is 0 Å². The largest absolute Gasteiger partial charge is 0.339 e. The Balaban J connectivity index is 1.68. The molecule has 1 aliphatic heterocycles. The number of aromatic nitrogens is 2. The van der Waals surface area contributed by atoms with E-state index in [0.29, 0.717) is 16.5 Å². The molecule has 1 saturated heterocycles. The zero-order valence-corrected chi connectivity index (χ0v) is 14.5. The molecule has 0 radical (unpaired) electrons. The Hall–Kier alpha value is -2.14. The molecule has 1 aromatic carbocycles. The van der Waals surface area contributed by atoms with E-state index >= 15 is 0 Å². The zero-order chi connectivity index (χ0) is 16.9. The number of nitrogens with one attached hydrogen (secondary N) is 1. The summed E-state index contributed by atoms with van der Waals surface area (Å²) in [6, 6.07) is 5.68. The number of carbonyl (C=O) groups is 1. The van der Waals surface area contributed by atoms with Crippen LogP contribution in [0, 0.1) is 6.92 Å². The highest BCUT2D eigenvalue weighted by Gasteiger charge is 2.17. The highest BCUT2D eigenvalue weighted by Crippen LogP contribution is 2.22. The van der Waals surface area contributed by atoms with Crippen LogP contribution in [-0.4, -0.2) is 33.9 Å². The predicted molar refractivity (Wildman–Crippen MR) is 95.9 cm³/mol. The molecule has 0 atom stereocenters. The molecule has 24 heavy (non-hydrogen) atoms. The molecule has 0 spiro atoms. The third-order valence-electron chi connectivity index (χ3n) is 4.22. The average molecular weight is 345 g/mol. The molecule has 0 unspecified atom stereocenters. The molecule has 2 aromatic rings. The van der Waals surface area contributed by atoms with Gasteiger partial charge in [0.25, 0.3) is 5.91 Å². The van der Waals surface area contributed by atoms with Gasteiger partial charge in [-0.3, -0.25) is 4.79 Å². The Morgan fingerprint density at radius 3 is 2.42 bits per heavy atom. The van der Waals surface area contributed by atoms with E-state index in [1.165, 1.54) is 12.8 Å². The van der Waals surface area contributed by atoms with Crippen LogP contribution in [0.15, 0.2) is 30.6 Å². The molecule has 0 bridgehead atoms. The summed E-state index contributed by atoms with van der Waals surface area (Å²) in [6.07, 6.45) is 7.70. The van der Waals surface area contributed by atoms with Gasteiger partial charge in [-0.25, -0.2) is 9.97 Å². The predicted octanol–water partition coefficient (Wildman–Crippen LogP) is 4.20.